The highest BCUT2D eigenvalue weighted by molar-refractivity contribution is 7.93. The molecule has 0 spiro atoms. The van der Waals surface area contributed by atoms with E-state index in [1.807, 2.05) is 30.3 Å². The summed E-state index contributed by atoms with van der Waals surface area (Å²) in [5, 5.41) is -0.278. The first-order valence-electron chi connectivity index (χ1n) is 10.1. The fourth-order valence-corrected chi connectivity index (χ4v) is 4.66. The standard InChI is InChI=1S/C21H25N3O5S/c25-21(15-28-17-4-2-1-3-5-17)24-12-10-18(11-13-24)29-20-9-6-16(14-22-20)23-30(26,27)19-7-8-19/h1-6,9,14,18-19,23H,7-8,10-13,15H2. The summed E-state index contributed by atoms with van der Waals surface area (Å²) in [5.41, 5.74) is 0.438. The Morgan fingerprint density at radius 3 is 2.43 bits per heavy atom. The number of carbonyl (C=O) groups excluding carboxylic acids is 1. The Balaban J connectivity index is 1.21. The molecule has 30 heavy (non-hydrogen) atoms. The third-order valence-electron chi connectivity index (χ3n) is 5.15. The maximum atomic E-state index is 12.3. The van der Waals surface area contributed by atoms with E-state index >= 15 is 0 Å². The Kier molecular flexibility index (Phi) is 6.08. The van der Waals surface area contributed by atoms with Gasteiger partial charge in [-0.15, -0.1) is 0 Å². The minimum Gasteiger partial charge on any atom is -0.484 e. The van der Waals surface area contributed by atoms with Crippen LogP contribution < -0.4 is 14.2 Å². The summed E-state index contributed by atoms with van der Waals surface area (Å²) in [6.07, 6.45) is 4.26. The molecule has 1 saturated heterocycles. The second kappa shape index (κ2) is 8.91. The van der Waals surface area contributed by atoms with Gasteiger partial charge in [0.05, 0.1) is 17.1 Å². The number of sulfonamides is 1. The van der Waals surface area contributed by atoms with Crippen LogP contribution in [-0.4, -0.2) is 55.3 Å². The molecular weight excluding hydrogens is 406 g/mol. The molecule has 0 unspecified atom stereocenters. The number of hydrogen-bond acceptors (Lipinski definition) is 6. The summed E-state index contributed by atoms with van der Waals surface area (Å²) in [5.74, 6) is 1.09. The summed E-state index contributed by atoms with van der Waals surface area (Å²) in [7, 11) is -3.30. The predicted octanol–water partition coefficient (Wildman–Crippen LogP) is 2.43. The number of carbonyl (C=O) groups is 1. The van der Waals surface area contributed by atoms with Crippen molar-refractivity contribution in [2.75, 3.05) is 24.4 Å². The fraction of sp³-hybridized carbons (Fsp3) is 0.429. The number of rotatable bonds is 8. The number of ether oxygens (including phenoxy) is 2. The molecule has 1 N–H and O–H groups in total. The monoisotopic (exact) mass is 431 g/mol. The molecule has 2 heterocycles. The lowest BCUT2D eigenvalue weighted by Crippen LogP contribution is -2.43. The van der Waals surface area contributed by atoms with Gasteiger partial charge in [0.15, 0.2) is 6.61 Å². The van der Waals surface area contributed by atoms with Crippen molar-refractivity contribution in [3.8, 4) is 11.6 Å². The highest BCUT2D eigenvalue weighted by Gasteiger charge is 2.35. The summed E-state index contributed by atoms with van der Waals surface area (Å²) in [4.78, 5) is 18.3. The van der Waals surface area contributed by atoms with Crippen molar-refractivity contribution >= 4 is 21.6 Å². The third kappa shape index (κ3) is 5.41. The van der Waals surface area contributed by atoms with Crippen molar-refractivity contribution in [3.05, 3.63) is 48.7 Å². The van der Waals surface area contributed by atoms with Gasteiger partial charge in [-0.05, 0) is 31.0 Å². The summed E-state index contributed by atoms with van der Waals surface area (Å²) < 4.78 is 37.9. The third-order valence-corrected chi connectivity index (χ3v) is 7.02. The molecule has 0 radical (unpaired) electrons. The first-order chi connectivity index (χ1) is 14.5. The Hall–Kier alpha value is -2.81. The van der Waals surface area contributed by atoms with Crippen LogP contribution >= 0.6 is 0 Å². The van der Waals surface area contributed by atoms with E-state index in [0.29, 0.717) is 56.1 Å². The number of amides is 1. The fourth-order valence-electron chi connectivity index (χ4n) is 3.28. The van der Waals surface area contributed by atoms with Gasteiger partial charge in [0.1, 0.15) is 11.9 Å². The van der Waals surface area contributed by atoms with Crippen LogP contribution in [0.15, 0.2) is 48.7 Å². The maximum Gasteiger partial charge on any atom is 0.260 e. The predicted molar refractivity (Wildman–Crippen MR) is 112 cm³/mol. The second-order valence-corrected chi connectivity index (χ2v) is 9.49. The van der Waals surface area contributed by atoms with E-state index in [4.69, 9.17) is 9.47 Å². The molecular formula is C21H25N3O5S. The second-order valence-electron chi connectivity index (χ2n) is 7.53. The topological polar surface area (TPSA) is 97.8 Å². The Bertz CT molecular complexity index is 954. The Morgan fingerprint density at radius 1 is 1.07 bits per heavy atom. The molecule has 1 aromatic carbocycles. The minimum absolute atomic E-state index is 0.0231. The molecule has 0 atom stereocenters. The lowest BCUT2D eigenvalue weighted by atomic mass is 10.1. The van der Waals surface area contributed by atoms with Crippen molar-refractivity contribution in [2.24, 2.45) is 0 Å². The zero-order valence-corrected chi connectivity index (χ0v) is 17.4. The molecule has 160 valence electrons. The van der Waals surface area contributed by atoms with Crippen molar-refractivity contribution < 1.29 is 22.7 Å². The van der Waals surface area contributed by atoms with E-state index in [2.05, 4.69) is 9.71 Å². The number of benzene rings is 1. The zero-order valence-electron chi connectivity index (χ0n) is 16.6. The van der Waals surface area contributed by atoms with Gasteiger partial charge in [-0.25, -0.2) is 13.4 Å². The van der Waals surface area contributed by atoms with Gasteiger partial charge in [-0.1, -0.05) is 18.2 Å². The summed E-state index contributed by atoms with van der Waals surface area (Å²) >= 11 is 0. The van der Waals surface area contributed by atoms with E-state index < -0.39 is 10.0 Å². The van der Waals surface area contributed by atoms with E-state index in [-0.39, 0.29) is 23.9 Å². The zero-order chi connectivity index (χ0) is 21.0. The molecule has 1 aliphatic heterocycles. The highest BCUT2D eigenvalue weighted by Crippen LogP contribution is 2.29. The van der Waals surface area contributed by atoms with Gasteiger partial charge in [-0.2, -0.15) is 0 Å². The van der Waals surface area contributed by atoms with Crippen LogP contribution in [0, 0.1) is 0 Å². The quantitative estimate of drug-likeness (QED) is 0.689. The lowest BCUT2D eigenvalue weighted by molar-refractivity contribution is -0.135. The van der Waals surface area contributed by atoms with E-state index in [1.54, 1.807) is 17.0 Å². The van der Waals surface area contributed by atoms with Gasteiger partial charge < -0.3 is 14.4 Å². The molecule has 0 bridgehead atoms. The minimum atomic E-state index is -3.30. The molecule has 1 amide bonds. The molecule has 1 aliphatic carbocycles. The average Bonchev–Trinajstić information content (AvgIpc) is 3.61. The van der Waals surface area contributed by atoms with E-state index in [0.717, 1.165) is 0 Å². The van der Waals surface area contributed by atoms with Crippen LogP contribution in [-0.2, 0) is 14.8 Å². The van der Waals surface area contributed by atoms with Crippen molar-refractivity contribution in [3.63, 3.8) is 0 Å². The smallest absolute Gasteiger partial charge is 0.260 e. The van der Waals surface area contributed by atoms with Gasteiger partial charge >= 0.3 is 0 Å². The molecule has 2 aromatic rings. The van der Waals surface area contributed by atoms with Gasteiger partial charge in [-0.3, -0.25) is 9.52 Å². The van der Waals surface area contributed by atoms with E-state index in [9.17, 15) is 13.2 Å². The number of hydrogen-bond donors (Lipinski definition) is 1. The number of likely N-dealkylation sites (tertiary alicyclic amines) is 1. The maximum absolute atomic E-state index is 12.3. The first kappa shape index (κ1) is 20.5. The first-order valence-corrected chi connectivity index (χ1v) is 11.6. The van der Waals surface area contributed by atoms with Crippen LogP contribution in [0.25, 0.3) is 0 Å². The van der Waals surface area contributed by atoms with Crippen LogP contribution in [0.2, 0.25) is 0 Å². The lowest BCUT2D eigenvalue weighted by Gasteiger charge is -2.31. The largest absolute Gasteiger partial charge is 0.484 e. The molecule has 8 nitrogen and oxygen atoms in total. The van der Waals surface area contributed by atoms with Crippen LogP contribution in [0.1, 0.15) is 25.7 Å². The normalized spacial score (nSPS) is 17.4. The molecule has 1 saturated carbocycles. The average molecular weight is 432 g/mol. The Morgan fingerprint density at radius 2 is 1.80 bits per heavy atom. The van der Waals surface area contributed by atoms with Crippen molar-refractivity contribution in [1.82, 2.24) is 9.88 Å². The number of nitrogens with one attached hydrogen (secondary N) is 1. The molecule has 2 fully saturated rings. The van der Waals surface area contributed by atoms with Crippen molar-refractivity contribution in [2.45, 2.75) is 37.0 Å². The number of pyridine rings is 1. The van der Waals surface area contributed by atoms with Crippen molar-refractivity contribution in [1.29, 1.82) is 0 Å². The summed E-state index contributed by atoms with van der Waals surface area (Å²) in [6, 6.07) is 12.6. The van der Waals surface area contributed by atoms with Crippen LogP contribution in [0.4, 0.5) is 5.69 Å². The molecule has 1 aromatic heterocycles. The molecule has 9 heteroatoms. The van der Waals surface area contributed by atoms with Gasteiger partial charge in [0, 0.05) is 32.0 Å². The Labute approximate surface area is 176 Å². The number of nitrogens with zero attached hydrogens (tertiary/aromatic N) is 2. The number of aromatic nitrogens is 1. The molecule has 2 aliphatic rings. The molecule has 4 rings (SSSR count). The SMILES string of the molecule is O=C(COc1ccccc1)N1CCC(Oc2ccc(NS(=O)(=O)C3CC3)cn2)CC1. The number of para-hydroxylation sites is 1. The van der Waals surface area contributed by atoms with Gasteiger partial charge in [0.25, 0.3) is 5.91 Å². The van der Waals surface area contributed by atoms with Gasteiger partial charge in [0.2, 0.25) is 15.9 Å². The summed E-state index contributed by atoms with van der Waals surface area (Å²) in [6.45, 7) is 1.22. The van der Waals surface area contributed by atoms with E-state index in [1.165, 1.54) is 6.20 Å². The highest BCUT2D eigenvalue weighted by atomic mass is 32.2. The number of piperidine rings is 1. The van der Waals surface area contributed by atoms with Crippen LogP contribution in [0.5, 0.6) is 11.6 Å². The van der Waals surface area contributed by atoms with Crippen LogP contribution in [0.3, 0.4) is 0 Å². The number of anilines is 1.